The fraction of sp³-hybridized carbons (Fsp3) is 0.556. The third kappa shape index (κ3) is 2.30. The van der Waals surface area contributed by atoms with Crippen molar-refractivity contribution in [2.75, 3.05) is 0 Å². The molecule has 0 radical (unpaired) electrons. The van der Waals surface area contributed by atoms with Crippen LogP contribution in [0.1, 0.15) is 31.7 Å². The van der Waals surface area contributed by atoms with Crippen molar-refractivity contribution in [2.45, 2.75) is 32.6 Å². The zero-order valence-electron chi connectivity index (χ0n) is 6.84. The Bertz CT molecular complexity index is 203. The van der Waals surface area contributed by atoms with Crippen LogP contribution >= 0.6 is 0 Å². The highest BCUT2D eigenvalue weighted by atomic mass is 16.5. The minimum Gasteiger partial charge on any atom is -0.481 e. The molecule has 0 amide bonds. The Kier molecular flexibility index (Phi) is 3.02. The van der Waals surface area contributed by atoms with E-state index in [2.05, 4.69) is 6.92 Å². The second-order valence-corrected chi connectivity index (χ2v) is 2.71. The number of unbranched alkanes of at least 4 members (excludes halogenated alkanes) is 2. The highest BCUT2D eigenvalue weighted by Crippen LogP contribution is 2.19. The van der Waals surface area contributed by atoms with Crippen molar-refractivity contribution >= 4 is 0 Å². The van der Waals surface area contributed by atoms with Crippen LogP contribution in [0.15, 0.2) is 16.7 Å². The Balaban J connectivity index is 2.32. The first kappa shape index (κ1) is 8.18. The lowest BCUT2D eigenvalue weighted by atomic mass is 10.1. The van der Waals surface area contributed by atoms with Gasteiger partial charge in [-0.1, -0.05) is 19.8 Å². The summed E-state index contributed by atoms with van der Waals surface area (Å²) in [6.07, 6.45) is 6.00. The van der Waals surface area contributed by atoms with Crippen LogP contribution in [0.4, 0.5) is 0 Å². The average molecular weight is 154 g/mol. The van der Waals surface area contributed by atoms with E-state index in [4.69, 9.17) is 9.52 Å². The fourth-order valence-corrected chi connectivity index (χ4v) is 1.08. The van der Waals surface area contributed by atoms with Gasteiger partial charge in [-0.05, 0) is 18.9 Å². The molecule has 0 aliphatic heterocycles. The summed E-state index contributed by atoms with van der Waals surface area (Å²) in [6.45, 7) is 2.16. The number of hydrogen-bond acceptors (Lipinski definition) is 2. The SMILES string of the molecule is CCCCCc1ccoc1O. The molecule has 0 fully saturated rings. The van der Waals surface area contributed by atoms with Crippen LogP contribution in [0, 0.1) is 0 Å². The molecule has 0 aliphatic rings. The summed E-state index contributed by atoms with van der Waals surface area (Å²) in [4.78, 5) is 0. The maximum atomic E-state index is 9.08. The van der Waals surface area contributed by atoms with E-state index in [1.165, 1.54) is 19.1 Å². The Morgan fingerprint density at radius 1 is 1.45 bits per heavy atom. The van der Waals surface area contributed by atoms with Crippen molar-refractivity contribution in [1.82, 2.24) is 0 Å². The third-order valence-corrected chi connectivity index (χ3v) is 1.77. The number of hydrogen-bond donors (Lipinski definition) is 1. The molecule has 0 atom stereocenters. The summed E-state index contributed by atoms with van der Waals surface area (Å²) in [6, 6.07) is 1.82. The lowest BCUT2D eigenvalue weighted by molar-refractivity contribution is 0.327. The maximum Gasteiger partial charge on any atom is 0.285 e. The minimum absolute atomic E-state index is 0.0844. The molecule has 0 bridgehead atoms. The zero-order valence-corrected chi connectivity index (χ0v) is 6.84. The summed E-state index contributed by atoms with van der Waals surface area (Å²) in [7, 11) is 0. The Morgan fingerprint density at radius 2 is 2.27 bits per heavy atom. The summed E-state index contributed by atoms with van der Waals surface area (Å²) < 4.78 is 4.75. The summed E-state index contributed by atoms with van der Waals surface area (Å²) in [5.74, 6) is 0.0844. The second-order valence-electron chi connectivity index (χ2n) is 2.71. The van der Waals surface area contributed by atoms with E-state index < -0.39 is 0 Å². The van der Waals surface area contributed by atoms with E-state index in [9.17, 15) is 0 Å². The first-order valence-electron chi connectivity index (χ1n) is 4.10. The molecule has 1 aromatic rings. The normalized spacial score (nSPS) is 10.3. The molecule has 62 valence electrons. The number of furan rings is 1. The molecule has 1 rings (SSSR count). The molecular weight excluding hydrogens is 140 g/mol. The van der Waals surface area contributed by atoms with Gasteiger partial charge in [-0.15, -0.1) is 0 Å². The van der Waals surface area contributed by atoms with Crippen molar-refractivity contribution < 1.29 is 9.52 Å². The molecule has 11 heavy (non-hydrogen) atoms. The summed E-state index contributed by atoms with van der Waals surface area (Å²) in [5.41, 5.74) is 0.929. The molecule has 1 heterocycles. The van der Waals surface area contributed by atoms with Crippen LogP contribution < -0.4 is 0 Å². The second kappa shape index (κ2) is 4.06. The van der Waals surface area contributed by atoms with E-state index in [1.54, 1.807) is 0 Å². The van der Waals surface area contributed by atoms with Crippen molar-refractivity contribution in [3.8, 4) is 5.95 Å². The van der Waals surface area contributed by atoms with Gasteiger partial charge in [0.2, 0.25) is 0 Å². The standard InChI is InChI=1S/C9H14O2/c1-2-3-4-5-8-6-7-11-9(8)10/h6-7,10H,2-5H2,1H3. The highest BCUT2D eigenvalue weighted by Gasteiger charge is 2.01. The van der Waals surface area contributed by atoms with Crippen molar-refractivity contribution in [1.29, 1.82) is 0 Å². The van der Waals surface area contributed by atoms with Gasteiger partial charge in [-0.2, -0.15) is 0 Å². The lowest BCUT2D eigenvalue weighted by Gasteiger charge is -1.95. The Morgan fingerprint density at radius 3 is 2.82 bits per heavy atom. The molecule has 0 spiro atoms. The van der Waals surface area contributed by atoms with Gasteiger partial charge in [0, 0.05) is 5.56 Å². The molecule has 0 aromatic carbocycles. The van der Waals surface area contributed by atoms with Gasteiger partial charge >= 0.3 is 0 Å². The molecule has 1 aromatic heterocycles. The largest absolute Gasteiger partial charge is 0.481 e. The van der Waals surface area contributed by atoms with Gasteiger partial charge in [-0.25, -0.2) is 0 Å². The monoisotopic (exact) mass is 154 g/mol. The summed E-state index contributed by atoms with van der Waals surface area (Å²) in [5, 5.41) is 9.08. The first-order chi connectivity index (χ1) is 5.34. The highest BCUT2D eigenvalue weighted by molar-refractivity contribution is 5.20. The number of aryl methyl sites for hydroxylation is 1. The van der Waals surface area contributed by atoms with Crippen LogP contribution in [0.3, 0.4) is 0 Å². The van der Waals surface area contributed by atoms with Crippen LogP contribution in [0.25, 0.3) is 0 Å². The van der Waals surface area contributed by atoms with E-state index in [1.807, 2.05) is 6.07 Å². The molecule has 2 nitrogen and oxygen atoms in total. The minimum atomic E-state index is 0.0844. The predicted octanol–water partition coefficient (Wildman–Crippen LogP) is 2.72. The van der Waals surface area contributed by atoms with Gasteiger partial charge in [-0.3, -0.25) is 0 Å². The molecule has 0 unspecified atom stereocenters. The summed E-state index contributed by atoms with van der Waals surface area (Å²) >= 11 is 0. The molecule has 0 aliphatic carbocycles. The molecule has 1 N–H and O–H groups in total. The Labute approximate surface area is 66.8 Å². The van der Waals surface area contributed by atoms with Gasteiger partial charge in [0.25, 0.3) is 5.95 Å². The van der Waals surface area contributed by atoms with Crippen LogP contribution in [0.5, 0.6) is 5.95 Å². The molecule has 0 saturated carbocycles. The van der Waals surface area contributed by atoms with Crippen molar-refractivity contribution in [3.05, 3.63) is 17.9 Å². The molecule has 2 heteroatoms. The van der Waals surface area contributed by atoms with Gasteiger partial charge in [0.1, 0.15) is 0 Å². The van der Waals surface area contributed by atoms with Gasteiger partial charge in [0.05, 0.1) is 6.26 Å². The van der Waals surface area contributed by atoms with Crippen LogP contribution in [-0.4, -0.2) is 5.11 Å². The van der Waals surface area contributed by atoms with Crippen LogP contribution in [-0.2, 0) is 6.42 Å². The topological polar surface area (TPSA) is 33.4 Å². The van der Waals surface area contributed by atoms with E-state index in [-0.39, 0.29) is 5.95 Å². The molecule has 0 saturated heterocycles. The van der Waals surface area contributed by atoms with E-state index >= 15 is 0 Å². The Hall–Kier alpha value is -0.920. The predicted molar refractivity (Wildman–Crippen MR) is 43.6 cm³/mol. The lowest BCUT2D eigenvalue weighted by Crippen LogP contribution is -1.81. The van der Waals surface area contributed by atoms with Gasteiger partial charge in [0.15, 0.2) is 0 Å². The average Bonchev–Trinajstić information content (AvgIpc) is 2.37. The van der Waals surface area contributed by atoms with Crippen LogP contribution in [0.2, 0.25) is 0 Å². The maximum absolute atomic E-state index is 9.08. The van der Waals surface area contributed by atoms with Gasteiger partial charge < -0.3 is 9.52 Å². The first-order valence-corrected chi connectivity index (χ1v) is 4.10. The van der Waals surface area contributed by atoms with E-state index in [0.29, 0.717) is 0 Å². The number of rotatable bonds is 4. The zero-order chi connectivity index (χ0) is 8.10. The quantitative estimate of drug-likeness (QED) is 0.676. The van der Waals surface area contributed by atoms with Crippen molar-refractivity contribution in [3.63, 3.8) is 0 Å². The smallest absolute Gasteiger partial charge is 0.285 e. The fourth-order valence-electron chi connectivity index (χ4n) is 1.08. The third-order valence-electron chi connectivity index (χ3n) is 1.77. The number of aromatic hydroxyl groups is 1. The molecular formula is C9H14O2. The van der Waals surface area contributed by atoms with E-state index in [0.717, 1.165) is 18.4 Å². The van der Waals surface area contributed by atoms with Crippen molar-refractivity contribution in [2.24, 2.45) is 0 Å².